The Labute approximate surface area is 157 Å². The summed E-state index contributed by atoms with van der Waals surface area (Å²) in [5.74, 6) is 2.49. The minimum absolute atomic E-state index is 0.175. The average molecular weight is 371 g/mol. The fraction of sp³-hybridized carbons (Fsp3) is 1.00. The minimum Gasteiger partial charge on any atom is -0.171 e. The summed E-state index contributed by atoms with van der Waals surface area (Å²) in [6.07, 6.45) is 7.91. The second-order valence-electron chi connectivity index (χ2n) is 10.8. The van der Waals surface area contributed by atoms with Gasteiger partial charge in [0.05, 0.1) is 5.92 Å². The van der Waals surface area contributed by atoms with E-state index in [2.05, 4.69) is 20.8 Å². The first-order valence-corrected chi connectivity index (χ1v) is 11.3. The quantitative estimate of drug-likeness (QED) is 0.469. The first-order valence-electron chi connectivity index (χ1n) is 11.3. The first kappa shape index (κ1) is 19.1. The van der Waals surface area contributed by atoms with E-state index in [-0.39, 0.29) is 5.41 Å². The molecule has 4 fully saturated rings. The van der Waals surface area contributed by atoms with Crippen LogP contribution in [0.2, 0.25) is 0 Å². The van der Waals surface area contributed by atoms with Crippen LogP contribution in [0.4, 0.5) is 13.2 Å². The van der Waals surface area contributed by atoms with E-state index < -0.39 is 12.1 Å². The van der Waals surface area contributed by atoms with Crippen LogP contribution in [-0.2, 0) is 0 Å². The van der Waals surface area contributed by atoms with Crippen LogP contribution in [-0.4, -0.2) is 6.18 Å². The molecule has 0 heterocycles. The molecule has 0 saturated heterocycles. The molecule has 4 rings (SSSR count). The normalized spacial score (nSPS) is 51.5. The molecule has 8 atom stereocenters. The molecule has 0 amide bonds. The van der Waals surface area contributed by atoms with Gasteiger partial charge in [-0.15, -0.1) is 0 Å². The Hall–Kier alpha value is -0.210. The molecular formula is C23H37F3. The van der Waals surface area contributed by atoms with Crippen LogP contribution in [0.1, 0.15) is 91.4 Å². The van der Waals surface area contributed by atoms with Crippen LogP contribution in [0.3, 0.4) is 0 Å². The fourth-order valence-electron chi connectivity index (χ4n) is 8.49. The van der Waals surface area contributed by atoms with Gasteiger partial charge in [-0.2, -0.15) is 13.2 Å². The SMILES string of the molecule is CCCC1CCC2C3CCC4CC(C(F)(F)F)CCC4(C)C3CCC12C. The summed E-state index contributed by atoms with van der Waals surface area (Å²) >= 11 is 0. The van der Waals surface area contributed by atoms with E-state index in [0.29, 0.717) is 30.1 Å². The van der Waals surface area contributed by atoms with Gasteiger partial charge in [0, 0.05) is 0 Å². The molecule has 0 aromatic rings. The third-order valence-corrected chi connectivity index (χ3v) is 9.96. The van der Waals surface area contributed by atoms with Crippen LogP contribution < -0.4 is 0 Å². The summed E-state index contributed by atoms with van der Waals surface area (Å²) in [4.78, 5) is 0. The highest BCUT2D eigenvalue weighted by molar-refractivity contribution is 5.09. The molecular weight excluding hydrogens is 333 g/mol. The van der Waals surface area contributed by atoms with Gasteiger partial charge in [-0.05, 0) is 98.2 Å². The summed E-state index contributed by atoms with van der Waals surface area (Å²) in [6, 6.07) is 0. The smallest absolute Gasteiger partial charge is 0.171 e. The van der Waals surface area contributed by atoms with Gasteiger partial charge in [-0.3, -0.25) is 0 Å². The highest BCUT2D eigenvalue weighted by Crippen LogP contribution is 2.68. The summed E-state index contributed by atoms with van der Waals surface area (Å²) in [6.45, 7) is 7.26. The van der Waals surface area contributed by atoms with Crippen molar-refractivity contribution >= 4 is 0 Å². The highest BCUT2D eigenvalue weighted by atomic mass is 19.4. The van der Waals surface area contributed by atoms with Gasteiger partial charge >= 0.3 is 6.18 Å². The minimum atomic E-state index is -3.98. The standard InChI is InChI=1S/C23H37F3/c1-4-5-15-7-9-19-18-8-6-16-14-17(23(24,25)26)10-12-22(16,3)20(18)11-13-21(15,19)2/h15-20H,4-14H2,1-3H3. The third kappa shape index (κ3) is 2.77. The molecule has 0 bridgehead atoms. The molecule has 0 aromatic heterocycles. The largest absolute Gasteiger partial charge is 0.391 e. The number of alkyl halides is 3. The molecule has 0 radical (unpaired) electrons. The molecule has 0 aliphatic heterocycles. The van der Waals surface area contributed by atoms with E-state index in [1.807, 2.05) is 0 Å². The summed E-state index contributed by atoms with van der Waals surface area (Å²) in [5, 5.41) is 0. The Morgan fingerprint density at radius 2 is 1.54 bits per heavy atom. The van der Waals surface area contributed by atoms with Crippen molar-refractivity contribution in [1.82, 2.24) is 0 Å². The number of hydrogen-bond donors (Lipinski definition) is 0. The first-order chi connectivity index (χ1) is 12.2. The van der Waals surface area contributed by atoms with Crippen LogP contribution in [0.25, 0.3) is 0 Å². The van der Waals surface area contributed by atoms with Crippen molar-refractivity contribution in [2.24, 2.45) is 46.3 Å². The number of hydrogen-bond acceptors (Lipinski definition) is 0. The van der Waals surface area contributed by atoms with Crippen LogP contribution in [0, 0.1) is 46.3 Å². The molecule has 4 saturated carbocycles. The summed E-state index contributed by atoms with van der Waals surface area (Å²) in [5.41, 5.74) is 0.693. The van der Waals surface area contributed by atoms with Gasteiger partial charge in [-0.25, -0.2) is 0 Å². The number of halogens is 3. The Bertz CT molecular complexity index is 526. The van der Waals surface area contributed by atoms with Gasteiger partial charge in [0.1, 0.15) is 0 Å². The number of rotatable bonds is 2. The topological polar surface area (TPSA) is 0 Å². The summed E-state index contributed by atoms with van der Waals surface area (Å²) < 4.78 is 39.9. The average Bonchev–Trinajstić information content (AvgIpc) is 2.90. The molecule has 26 heavy (non-hydrogen) atoms. The highest BCUT2D eigenvalue weighted by Gasteiger charge is 2.61. The van der Waals surface area contributed by atoms with Gasteiger partial charge < -0.3 is 0 Å². The van der Waals surface area contributed by atoms with E-state index in [0.717, 1.165) is 30.6 Å². The Balaban J connectivity index is 1.54. The van der Waals surface area contributed by atoms with Crippen molar-refractivity contribution in [3.63, 3.8) is 0 Å². The van der Waals surface area contributed by atoms with Gasteiger partial charge in [0.15, 0.2) is 0 Å². The molecule has 0 spiro atoms. The van der Waals surface area contributed by atoms with Gasteiger partial charge in [0.25, 0.3) is 0 Å². The molecule has 0 N–H and O–H groups in total. The zero-order valence-electron chi connectivity index (χ0n) is 16.9. The van der Waals surface area contributed by atoms with E-state index in [9.17, 15) is 13.2 Å². The lowest BCUT2D eigenvalue weighted by Crippen LogP contribution is -2.54. The monoisotopic (exact) mass is 370 g/mol. The van der Waals surface area contributed by atoms with Crippen molar-refractivity contribution in [2.75, 3.05) is 0 Å². The van der Waals surface area contributed by atoms with Crippen molar-refractivity contribution in [3.8, 4) is 0 Å². The number of fused-ring (bicyclic) bond motifs is 5. The van der Waals surface area contributed by atoms with E-state index in [4.69, 9.17) is 0 Å². The van der Waals surface area contributed by atoms with Gasteiger partial charge in [0.2, 0.25) is 0 Å². The maximum absolute atomic E-state index is 13.3. The lowest BCUT2D eigenvalue weighted by molar-refractivity contribution is -0.208. The maximum Gasteiger partial charge on any atom is 0.391 e. The zero-order valence-corrected chi connectivity index (χ0v) is 16.9. The van der Waals surface area contributed by atoms with Crippen molar-refractivity contribution in [2.45, 2.75) is 97.6 Å². The predicted octanol–water partition coefficient (Wildman–Crippen LogP) is 7.62. The Kier molecular flexibility index (Phi) is 4.71. The molecule has 0 nitrogen and oxygen atoms in total. The Morgan fingerprint density at radius 1 is 0.846 bits per heavy atom. The summed E-state index contributed by atoms with van der Waals surface area (Å²) in [7, 11) is 0. The van der Waals surface area contributed by atoms with Crippen molar-refractivity contribution in [3.05, 3.63) is 0 Å². The lowest BCUT2D eigenvalue weighted by Gasteiger charge is -2.61. The van der Waals surface area contributed by atoms with Gasteiger partial charge in [-0.1, -0.05) is 33.6 Å². The molecule has 4 aliphatic rings. The van der Waals surface area contributed by atoms with E-state index >= 15 is 0 Å². The van der Waals surface area contributed by atoms with E-state index in [1.165, 1.54) is 44.9 Å². The van der Waals surface area contributed by atoms with E-state index in [1.54, 1.807) is 0 Å². The molecule has 4 aliphatic carbocycles. The molecule has 8 unspecified atom stereocenters. The van der Waals surface area contributed by atoms with Crippen LogP contribution in [0.15, 0.2) is 0 Å². The molecule has 150 valence electrons. The Morgan fingerprint density at radius 3 is 2.23 bits per heavy atom. The predicted molar refractivity (Wildman–Crippen MR) is 99.7 cm³/mol. The lowest BCUT2D eigenvalue weighted by atomic mass is 9.44. The second-order valence-corrected chi connectivity index (χ2v) is 10.8. The maximum atomic E-state index is 13.3. The molecule has 3 heteroatoms. The second kappa shape index (κ2) is 6.41. The van der Waals surface area contributed by atoms with Crippen molar-refractivity contribution in [1.29, 1.82) is 0 Å². The fourth-order valence-corrected chi connectivity index (χ4v) is 8.49. The third-order valence-electron chi connectivity index (χ3n) is 9.96. The van der Waals surface area contributed by atoms with Crippen molar-refractivity contribution < 1.29 is 13.2 Å². The molecule has 0 aromatic carbocycles. The van der Waals surface area contributed by atoms with Crippen LogP contribution >= 0.6 is 0 Å². The zero-order chi connectivity index (χ0) is 18.7. The van der Waals surface area contributed by atoms with Crippen LogP contribution in [0.5, 0.6) is 0 Å².